The summed E-state index contributed by atoms with van der Waals surface area (Å²) in [4.78, 5) is 16.5. The van der Waals surface area contributed by atoms with E-state index < -0.39 is 0 Å². The van der Waals surface area contributed by atoms with Crippen molar-refractivity contribution in [2.45, 2.75) is 13.8 Å². The molecule has 0 aliphatic carbocycles. The van der Waals surface area contributed by atoms with E-state index in [1.54, 1.807) is 12.1 Å². The summed E-state index contributed by atoms with van der Waals surface area (Å²) in [5.74, 6) is 0.221. The van der Waals surface area contributed by atoms with E-state index in [1.165, 1.54) is 16.9 Å². The van der Waals surface area contributed by atoms with Crippen molar-refractivity contribution in [3.63, 3.8) is 0 Å². The summed E-state index contributed by atoms with van der Waals surface area (Å²) < 4.78 is 5.49. The number of aryl methyl sites for hydroxylation is 2. The molecule has 0 atom stereocenters. The average molecular weight is 373 g/mol. The lowest BCUT2D eigenvalue weighted by Crippen LogP contribution is -2.20. The standard InChI is InChI=1S/C19H17ClN2O2S/c1-12-3-6-14(7-4-12)16-11-25-19(21-16)22-18(23)10-24-17-9-13(2)5-8-15(17)20/h3-9,11H,10H2,1-2H3,(H,21,22,23). The molecule has 25 heavy (non-hydrogen) atoms. The van der Waals surface area contributed by atoms with Crippen LogP contribution in [-0.2, 0) is 4.79 Å². The third-order valence-corrected chi connectivity index (χ3v) is 4.61. The minimum absolute atomic E-state index is 0.122. The number of thiazole rings is 1. The van der Waals surface area contributed by atoms with Crippen molar-refractivity contribution in [1.29, 1.82) is 0 Å². The lowest BCUT2D eigenvalue weighted by Gasteiger charge is -2.08. The van der Waals surface area contributed by atoms with Gasteiger partial charge in [-0.25, -0.2) is 4.98 Å². The number of hydrogen-bond donors (Lipinski definition) is 1. The van der Waals surface area contributed by atoms with Crippen molar-refractivity contribution in [3.05, 3.63) is 64.0 Å². The second-order valence-corrected chi connectivity index (χ2v) is 6.94. The lowest BCUT2D eigenvalue weighted by molar-refractivity contribution is -0.118. The van der Waals surface area contributed by atoms with E-state index in [-0.39, 0.29) is 12.5 Å². The Morgan fingerprint density at radius 3 is 2.64 bits per heavy atom. The first kappa shape index (κ1) is 17.5. The van der Waals surface area contributed by atoms with Gasteiger partial charge in [0.15, 0.2) is 11.7 Å². The van der Waals surface area contributed by atoms with Crippen LogP contribution in [0.2, 0.25) is 5.02 Å². The van der Waals surface area contributed by atoms with E-state index in [0.717, 1.165) is 16.8 Å². The molecule has 6 heteroatoms. The molecular formula is C19H17ClN2O2S. The summed E-state index contributed by atoms with van der Waals surface area (Å²) in [5.41, 5.74) is 4.06. The molecule has 0 saturated heterocycles. The van der Waals surface area contributed by atoms with Crippen LogP contribution in [-0.4, -0.2) is 17.5 Å². The molecule has 3 aromatic rings. The molecule has 0 aliphatic rings. The number of nitrogens with zero attached hydrogens (tertiary/aromatic N) is 1. The molecule has 0 spiro atoms. The van der Waals surface area contributed by atoms with Crippen LogP contribution in [0, 0.1) is 13.8 Å². The molecule has 128 valence electrons. The van der Waals surface area contributed by atoms with Crippen molar-refractivity contribution < 1.29 is 9.53 Å². The van der Waals surface area contributed by atoms with Crippen LogP contribution in [0.15, 0.2) is 47.8 Å². The van der Waals surface area contributed by atoms with Crippen molar-refractivity contribution in [2.75, 3.05) is 11.9 Å². The summed E-state index contributed by atoms with van der Waals surface area (Å²) in [7, 11) is 0. The van der Waals surface area contributed by atoms with E-state index in [0.29, 0.717) is 15.9 Å². The number of aromatic nitrogens is 1. The number of carbonyl (C=O) groups excluding carboxylic acids is 1. The number of ether oxygens (including phenoxy) is 1. The van der Waals surface area contributed by atoms with Crippen LogP contribution < -0.4 is 10.1 Å². The minimum Gasteiger partial charge on any atom is -0.482 e. The number of anilines is 1. The molecule has 4 nitrogen and oxygen atoms in total. The van der Waals surface area contributed by atoms with Gasteiger partial charge in [0.25, 0.3) is 5.91 Å². The summed E-state index contributed by atoms with van der Waals surface area (Å²) in [6.07, 6.45) is 0. The quantitative estimate of drug-likeness (QED) is 0.678. The number of rotatable bonds is 5. The summed E-state index contributed by atoms with van der Waals surface area (Å²) >= 11 is 7.43. The van der Waals surface area contributed by atoms with Crippen molar-refractivity contribution in [2.24, 2.45) is 0 Å². The molecule has 1 amide bonds. The van der Waals surface area contributed by atoms with Gasteiger partial charge < -0.3 is 4.74 Å². The predicted octanol–water partition coefficient (Wildman–Crippen LogP) is 5.10. The highest BCUT2D eigenvalue weighted by Crippen LogP contribution is 2.26. The van der Waals surface area contributed by atoms with Crippen LogP contribution >= 0.6 is 22.9 Å². The smallest absolute Gasteiger partial charge is 0.264 e. The second kappa shape index (κ2) is 7.68. The van der Waals surface area contributed by atoms with Gasteiger partial charge in [0, 0.05) is 10.9 Å². The molecule has 0 aliphatic heterocycles. The molecular weight excluding hydrogens is 356 g/mol. The molecule has 1 heterocycles. The van der Waals surface area contributed by atoms with E-state index in [1.807, 2.05) is 49.6 Å². The van der Waals surface area contributed by atoms with E-state index in [2.05, 4.69) is 10.3 Å². The Balaban J connectivity index is 1.60. The third kappa shape index (κ3) is 4.59. The number of amides is 1. The summed E-state index contributed by atoms with van der Waals surface area (Å²) in [6, 6.07) is 13.5. The number of hydrogen-bond acceptors (Lipinski definition) is 4. The number of benzene rings is 2. The Morgan fingerprint density at radius 2 is 1.88 bits per heavy atom. The zero-order chi connectivity index (χ0) is 17.8. The third-order valence-electron chi connectivity index (χ3n) is 3.54. The topological polar surface area (TPSA) is 51.2 Å². The molecule has 0 radical (unpaired) electrons. The Labute approximate surface area is 155 Å². The highest BCUT2D eigenvalue weighted by Gasteiger charge is 2.10. The maximum absolute atomic E-state index is 12.1. The van der Waals surface area contributed by atoms with Crippen LogP contribution in [0.3, 0.4) is 0 Å². The molecule has 3 rings (SSSR count). The lowest BCUT2D eigenvalue weighted by atomic mass is 10.1. The zero-order valence-corrected chi connectivity index (χ0v) is 15.4. The Bertz CT molecular complexity index is 891. The maximum atomic E-state index is 12.1. The number of halogens is 1. The minimum atomic E-state index is -0.276. The molecule has 0 bridgehead atoms. The Morgan fingerprint density at radius 1 is 1.16 bits per heavy atom. The fourth-order valence-electron chi connectivity index (χ4n) is 2.21. The maximum Gasteiger partial charge on any atom is 0.264 e. The summed E-state index contributed by atoms with van der Waals surface area (Å²) in [5, 5.41) is 5.69. The SMILES string of the molecule is Cc1ccc(-c2csc(NC(=O)COc3cc(C)ccc3Cl)n2)cc1. The number of nitrogens with one attached hydrogen (secondary N) is 1. The summed E-state index contributed by atoms with van der Waals surface area (Å²) in [6.45, 7) is 3.85. The predicted molar refractivity (Wildman–Crippen MR) is 103 cm³/mol. The number of carbonyl (C=O) groups is 1. The molecule has 1 N–H and O–H groups in total. The second-order valence-electron chi connectivity index (χ2n) is 5.67. The monoisotopic (exact) mass is 372 g/mol. The van der Waals surface area contributed by atoms with Gasteiger partial charge >= 0.3 is 0 Å². The van der Waals surface area contributed by atoms with E-state index in [9.17, 15) is 4.79 Å². The Hall–Kier alpha value is -2.37. The van der Waals surface area contributed by atoms with E-state index >= 15 is 0 Å². The van der Waals surface area contributed by atoms with Gasteiger partial charge in [-0.1, -0.05) is 47.5 Å². The first-order chi connectivity index (χ1) is 12.0. The van der Waals surface area contributed by atoms with Gasteiger partial charge in [-0.05, 0) is 31.5 Å². The Kier molecular flexibility index (Phi) is 5.36. The van der Waals surface area contributed by atoms with Crippen LogP contribution in [0.4, 0.5) is 5.13 Å². The highest BCUT2D eigenvalue weighted by atomic mass is 35.5. The first-order valence-corrected chi connectivity index (χ1v) is 8.98. The molecule has 0 fully saturated rings. The highest BCUT2D eigenvalue weighted by molar-refractivity contribution is 7.14. The normalized spacial score (nSPS) is 10.5. The molecule has 2 aromatic carbocycles. The largest absolute Gasteiger partial charge is 0.482 e. The van der Waals surface area contributed by atoms with Gasteiger partial charge in [0.2, 0.25) is 0 Å². The fraction of sp³-hybridized carbons (Fsp3) is 0.158. The van der Waals surface area contributed by atoms with Crippen molar-refractivity contribution in [1.82, 2.24) is 4.98 Å². The average Bonchev–Trinajstić information content (AvgIpc) is 3.05. The molecule has 0 unspecified atom stereocenters. The van der Waals surface area contributed by atoms with Crippen LogP contribution in [0.25, 0.3) is 11.3 Å². The van der Waals surface area contributed by atoms with Gasteiger partial charge in [0.1, 0.15) is 5.75 Å². The zero-order valence-electron chi connectivity index (χ0n) is 13.9. The molecule has 0 saturated carbocycles. The van der Waals surface area contributed by atoms with Gasteiger partial charge in [-0.3, -0.25) is 10.1 Å². The van der Waals surface area contributed by atoms with Crippen LogP contribution in [0.1, 0.15) is 11.1 Å². The van der Waals surface area contributed by atoms with Crippen molar-refractivity contribution in [3.8, 4) is 17.0 Å². The van der Waals surface area contributed by atoms with Crippen LogP contribution in [0.5, 0.6) is 5.75 Å². The van der Waals surface area contributed by atoms with Crippen molar-refractivity contribution >= 4 is 34.0 Å². The van der Waals surface area contributed by atoms with E-state index in [4.69, 9.17) is 16.3 Å². The van der Waals surface area contributed by atoms with Gasteiger partial charge in [-0.2, -0.15) is 0 Å². The van der Waals surface area contributed by atoms with Gasteiger partial charge in [-0.15, -0.1) is 11.3 Å². The fourth-order valence-corrected chi connectivity index (χ4v) is 3.12. The first-order valence-electron chi connectivity index (χ1n) is 7.72. The molecule has 1 aromatic heterocycles. The van der Waals surface area contributed by atoms with Gasteiger partial charge in [0.05, 0.1) is 10.7 Å².